The average molecular weight is 423 g/mol. The highest BCUT2D eigenvalue weighted by molar-refractivity contribution is 7.92. The van der Waals surface area contributed by atoms with Crippen molar-refractivity contribution >= 4 is 38.6 Å². The van der Waals surface area contributed by atoms with Gasteiger partial charge in [-0.25, -0.2) is 8.42 Å². The molecule has 3 rings (SSSR count). The van der Waals surface area contributed by atoms with Crippen molar-refractivity contribution in [1.82, 2.24) is 4.57 Å². The SMILES string of the molecule is CCCn1cc(-c2csc(-c3ccc(NS(C)(=O)=O)cc3Cl)c2)ccc1=O. The lowest BCUT2D eigenvalue weighted by Crippen LogP contribution is -2.17. The zero-order valence-electron chi connectivity index (χ0n) is 14.9. The van der Waals surface area contributed by atoms with Crippen molar-refractivity contribution in [3.05, 3.63) is 63.4 Å². The Balaban J connectivity index is 1.92. The summed E-state index contributed by atoms with van der Waals surface area (Å²) in [4.78, 5) is 12.9. The second-order valence-corrected chi connectivity index (χ2v) is 9.28. The Labute approximate surface area is 167 Å². The summed E-state index contributed by atoms with van der Waals surface area (Å²) in [5.41, 5.74) is 3.22. The molecule has 1 N–H and O–H groups in total. The molecule has 27 heavy (non-hydrogen) atoms. The summed E-state index contributed by atoms with van der Waals surface area (Å²) in [6.07, 6.45) is 3.86. The van der Waals surface area contributed by atoms with Crippen molar-refractivity contribution < 1.29 is 8.42 Å². The van der Waals surface area contributed by atoms with Crippen molar-refractivity contribution in [3.8, 4) is 21.6 Å². The van der Waals surface area contributed by atoms with Crippen molar-refractivity contribution in [3.63, 3.8) is 0 Å². The van der Waals surface area contributed by atoms with Gasteiger partial charge in [-0.15, -0.1) is 11.3 Å². The minimum Gasteiger partial charge on any atom is -0.315 e. The smallest absolute Gasteiger partial charge is 0.250 e. The van der Waals surface area contributed by atoms with Crippen LogP contribution in [-0.4, -0.2) is 19.2 Å². The number of rotatable bonds is 6. The summed E-state index contributed by atoms with van der Waals surface area (Å²) in [6.45, 7) is 2.72. The third kappa shape index (κ3) is 4.80. The molecule has 0 amide bonds. The maximum absolute atomic E-state index is 11.9. The standard InChI is InChI=1S/C19H19ClN2O3S2/c1-3-8-22-11-13(4-7-19(22)23)14-9-18(26-12-14)16-6-5-15(10-17(16)20)21-27(2,24)25/h4-7,9-12,21H,3,8H2,1-2H3. The Hall–Kier alpha value is -2.09. The van der Waals surface area contributed by atoms with Crippen LogP contribution in [0.3, 0.4) is 0 Å². The molecule has 0 aliphatic carbocycles. The Bertz CT molecular complexity index is 1130. The summed E-state index contributed by atoms with van der Waals surface area (Å²) >= 11 is 7.91. The van der Waals surface area contributed by atoms with Gasteiger partial charge in [-0.05, 0) is 53.3 Å². The van der Waals surface area contributed by atoms with E-state index in [1.165, 1.54) is 0 Å². The van der Waals surface area contributed by atoms with Crippen LogP contribution in [0.4, 0.5) is 5.69 Å². The van der Waals surface area contributed by atoms with Crippen molar-refractivity contribution in [2.45, 2.75) is 19.9 Å². The Kier molecular flexibility index (Phi) is 5.74. The number of aromatic nitrogens is 1. The molecule has 2 aromatic heterocycles. The second kappa shape index (κ2) is 7.88. The average Bonchev–Trinajstić information content (AvgIpc) is 3.05. The lowest BCUT2D eigenvalue weighted by Gasteiger charge is -2.07. The maximum Gasteiger partial charge on any atom is 0.250 e. The molecule has 0 unspecified atom stereocenters. The normalized spacial score (nSPS) is 11.5. The van der Waals surface area contributed by atoms with Gasteiger partial charge in [0.15, 0.2) is 0 Å². The van der Waals surface area contributed by atoms with Gasteiger partial charge in [-0.1, -0.05) is 18.5 Å². The lowest BCUT2D eigenvalue weighted by molar-refractivity contribution is 0.607. The highest BCUT2D eigenvalue weighted by atomic mass is 35.5. The molecule has 0 spiro atoms. The predicted octanol–water partition coefficient (Wildman–Crippen LogP) is 4.68. The first-order valence-electron chi connectivity index (χ1n) is 8.34. The zero-order chi connectivity index (χ0) is 19.6. The highest BCUT2D eigenvalue weighted by Crippen LogP contribution is 2.37. The number of hydrogen-bond donors (Lipinski definition) is 1. The molecule has 2 heterocycles. The van der Waals surface area contributed by atoms with Crippen molar-refractivity contribution in [2.75, 3.05) is 11.0 Å². The first kappa shape index (κ1) is 19.7. The van der Waals surface area contributed by atoms with E-state index in [0.29, 0.717) is 17.3 Å². The Morgan fingerprint density at radius 3 is 2.59 bits per heavy atom. The topological polar surface area (TPSA) is 68.2 Å². The van der Waals surface area contributed by atoms with Crippen LogP contribution >= 0.6 is 22.9 Å². The molecule has 0 fully saturated rings. The van der Waals surface area contributed by atoms with Gasteiger partial charge in [0.1, 0.15) is 0 Å². The second-order valence-electron chi connectivity index (χ2n) is 6.22. The number of aryl methyl sites for hydroxylation is 1. The molecule has 0 saturated heterocycles. The third-order valence-electron chi connectivity index (χ3n) is 3.92. The number of anilines is 1. The number of sulfonamides is 1. The minimum atomic E-state index is -3.35. The summed E-state index contributed by atoms with van der Waals surface area (Å²) < 4.78 is 26.8. The highest BCUT2D eigenvalue weighted by Gasteiger charge is 2.11. The molecule has 3 aromatic rings. The van der Waals surface area contributed by atoms with Crippen LogP contribution < -0.4 is 10.3 Å². The van der Waals surface area contributed by atoms with E-state index in [0.717, 1.165) is 34.2 Å². The fourth-order valence-electron chi connectivity index (χ4n) is 2.74. The van der Waals surface area contributed by atoms with E-state index in [-0.39, 0.29) is 5.56 Å². The van der Waals surface area contributed by atoms with Crippen LogP contribution in [0.25, 0.3) is 21.6 Å². The van der Waals surface area contributed by atoms with Crippen LogP contribution in [0.1, 0.15) is 13.3 Å². The van der Waals surface area contributed by atoms with Crippen molar-refractivity contribution in [1.29, 1.82) is 0 Å². The number of thiophene rings is 1. The number of hydrogen-bond acceptors (Lipinski definition) is 4. The molecule has 0 aliphatic heterocycles. The van der Waals surface area contributed by atoms with Crippen LogP contribution in [0, 0.1) is 0 Å². The van der Waals surface area contributed by atoms with E-state index >= 15 is 0 Å². The van der Waals surface area contributed by atoms with Crippen molar-refractivity contribution in [2.24, 2.45) is 0 Å². The van der Waals surface area contributed by atoms with Gasteiger partial charge >= 0.3 is 0 Å². The van der Waals surface area contributed by atoms with Gasteiger partial charge in [-0.2, -0.15) is 0 Å². The van der Waals surface area contributed by atoms with Gasteiger partial charge < -0.3 is 4.57 Å². The summed E-state index contributed by atoms with van der Waals surface area (Å²) in [6, 6.07) is 10.5. The molecule has 8 heteroatoms. The van der Waals surface area contributed by atoms with E-state index in [1.54, 1.807) is 40.2 Å². The monoisotopic (exact) mass is 422 g/mol. The van der Waals surface area contributed by atoms with Crippen LogP contribution in [0.5, 0.6) is 0 Å². The number of nitrogens with one attached hydrogen (secondary N) is 1. The first-order valence-corrected chi connectivity index (χ1v) is 11.5. The molecule has 0 radical (unpaired) electrons. The van der Waals surface area contributed by atoms with Gasteiger partial charge in [0.05, 0.1) is 11.3 Å². The van der Waals surface area contributed by atoms with Gasteiger partial charge in [0.2, 0.25) is 10.0 Å². The predicted molar refractivity (Wildman–Crippen MR) is 113 cm³/mol. The molecular formula is C19H19ClN2O3S2. The fraction of sp³-hybridized carbons (Fsp3) is 0.211. The number of halogens is 1. The van der Waals surface area contributed by atoms with Gasteiger partial charge in [0, 0.05) is 34.9 Å². The minimum absolute atomic E-state index is 0.00642. The lowest BCUT2D eigenvalue weighted by atomic mass is 10.1. The van der Waals surface area contributed by atoms with Crippen LogP contribution in [-0.2, 0) is 16.6 Å². The van der Waals surface area contributed by atoms with E-state index in [9.17, 15) is 13.2 Å². The van der Waals surface area contributed by atoms with E-state index in [1.807, 2.05) is 30.6 Å². The Morgan fingerprint density at radius 1 is 1.15 bits per heavy atom. The van der Waals surface area contributed by atoms with E-state index in [4.69, 9.17) is 11.6 Å². The van der Waals surface area contributed by atoms with E-state index in [2.05, 4.69) is 4.72 Å². The molecule has 5 nitrogen and oxygen atoms in total. The Morgan fingerprint density at radius 2 is 1.93 bits per heavy atom. The number of pyridine rings is 1. The third-order valence-corrected chi connectivity index (χ3v) is 5.80. The summed E-state index contributed by atoms with van der Waals surface area (Å²) in [7, 11) is -3.35. The molecule has 1 aromatic carbocycles. The van der Waals surface area contributed by atoms with Crippen LogP contribution in [0.2, 0.25) is 5.02 Å². The number of benzene rings is 1. The summed E-state index contributed by atoms with van der Waals surface area (Å²) in [5.74, 6) is 0. The summed E-state index contributed by atoms with van der Waals surface area (Å²) in [5, 5.41) is 2.48. The largest absolute Gasteiger partial charge is 0.315 e. The molecule has 0 saturated carbocycles. The zero-order valence-corrected chi connectivity index (χ0v) is 17.3. The maximum atomic E-state index is 11.9. The molecule has 0 bridgehead atoms. The van der Waals surface area contributed by atoms with E-state index < -0.39 is 10.0 Å². The van der Waals surface area contributed by atoms with Gasteiger partial charge in [-0.3, -0.25) is 9.52 Å². The van der Waals surface area contributed by atoms with Gasteiger partial charge in [0.25, 0.3) is 5.56 Å². The first-order chi connectivity index (χ1) is 12.8. The number of nitrogens with zero attached hydrogens (tertiary/aromatic N) is 1. The molecular weight excluding hydrogens is 404 g/mol. The molecule has 0 atom stereocenters. The quantitative estimate of drug-likeness (QED) is 0.627. The molecule has 0 aliphatic rings. The molecule has 142 valence electrons. The fourth-order valence-corrected chi connectivity index (χ4v) is 4.59. The van der Waals surface area contributed by atoms with Crippen LogP contribution in [0.15, 0.2) is 52.8 Å².